The minimum atomic E-state index is -0.306. The van der Waals surface area contributed by atoms with Gasteiger partial charge in [0.2, 0.25) is 5.91 Å². The Morgan fingerprint density at radius 2 is 2.08 bits per heavy atom. The highest BCUT2D eigenvalue weighted by atomic mass is 16.1. The molecule has 1 rings (SSSR count). The van der Waals surface area contributed by atoms with Crippen LogP contribution < -0.4 is 5.73 Å². The second kappa shape index (κ2) is 3.20. The van der Waals surface area contributed by atoms with E-state index in [4.69, 9.17) is 5.73 Å². The smallest absolute Gasteiger partial charge is 0.224 e. The zero-order valence-electron chi connectivity index (χ0n) is 8.46. The van der Waals surface area contributed by atoms with Crippen LogP contribution in [0.15, 0.2) is 0 Å². The van der Waals surface area contributed by atoms with Crippen molar-refractivity contribution in [3.63, 3.8) is 0 Å². The lowest BCUT2D eigenvalue weighted by Gasteiger charge is -2.07. The largest absolute Gasteiger partial charge is 0.369 e. The summed E-state index contributed by atoms with van der Waals surface area (Å²) in [5, 5.41) is 4.22. The molecule has 4 nitrogen and oxygen atoms in total. The van der Waals surface area contributed by atoms with E-state index < -0.39 is 0 Å². The minimum absolute atomic E-state index is 0.256. The van der Waals surface area contributed by atoms with Crippen molar-refractivity contribution in [3.05, 3.63) is 17.0 Å². The van der Waals surface area contributed by atoms with E-state index in [0.29, 0.717) is 0 Å². The molecule has 0 aliphatic rings. The number of aryl methyl sites for hydroxylation is 2. The van der Waals surface area contributed by atoms with E-state index in [2.05, 4.69) is 5.10 Å². The number of amides is 1. The van der Waals surface area contributed by atoms with E-state index in [0.717, 1.165) is 17.0 Å². The number of nitrogens with two attached hydrogens (primary N) is 1. The lowest BCUT2D eigenvalue weighted by atomic mass is 9.99. The molecular weight excluding hydrogens is 166 g/mol. The summed E-state index contributed by atoms with van der Waals surface area (Å²) in [5.74, 6) is -0.562. The van der Waals surface area contributed by atoms with Gasteiger partial charge in [0, 0.05) is 18.3 Å². The Morgan fingerprint density at radius 1 is 1.54 bits per heavy atom. The summed E-state index contributed by atoms with van der Waals surface area (Å²) in [7, 11) is 1.86. The number of carbonyl (C=O) groups excluding carboxylic acids is 1. The van der Waals surface area contributed by atoms with Crippen molar-refractivity contribution in [3.8, 4) is 0 Å². The number of aromatic nitrogens is 2. The van der Waals surface area contributed by atoms with Crippen molar-refractivity contribution in [1.82, 2.24) is 9.78 Å². The Hall–Kier alpha value is -1.32. The molecule has 0 aliphatic heterocycles. The molecule has 1 amide bonds. The Morgan fingerprint density at radius 3 is 2.38 bits per heavy atom. The molecule has 0 fully saturated rings. The maximum absolute atomic E-state index is 11.0. The number of nitrogens with zero attached hydrogens (tertiary/aromatic N) is 2. The summed E-state index contributed by atoms with van der Waals surface area (Å²) >= 11 is 0. The lowest BCUT2D eigenvalue weighted by Crippen LogP contribution is -2.19. The third-order valence-corrected chi connectivity index (χ3v) is 2.42. The Labute approximate surface area is 77.7 Å². The fourth-order valence-corrected chi connectivity index (χ4v) is 1.56. The van der Waals surface area contributed by atoms with Gasteiger partial charge in [-0.15, -0.1) is 0 Å². The highest BCUT2D eigenvalue weighted by Crippen LogP contribution is 2.21. The summed E-state index contributed by atoms with van der Waals surface area (Å²) in [6.07, 6.45) is 0. The van der Waals surface area contributed by atoms with Crippen molar-refractivity contribution in [2.45, 2.75) is 26.7 Å². The molecule has 1 unspecified atom stereocenters. The van der Waals surface area contributed by atoms with Gasteiger partial charge in [-0.05, 0) is 20.8 Å². The second-order valence-electron chi connectivity index (χ2n) is 3.33. The van der Waals surface area contributed by atoms with Gasteiger partial charge in [-0.25, -0.2) is 0 Å². The van der Waals surface area contributed by atoms with Gasteiger partial charge < -0.3 is 5.73 Å². The van der Waals surface area contributed by atoms with Gasteiger partial charge in [-0.1, -0.05) is 0 Å². The lowest BCUT2D eigenvalue weighted by molar-refractivity contribution is -0.119. The molecule has 1 aromatic heterocycles. The molecule has 0 spiro atoms. The molecule has 1 heterocycles. The third kappa shape index (κ3) is 1.56. The first-order valence-corrected chi connectivity index (χ1v) is 4.24. The summed E-state index contributed by atoms with van der Waals surface area (Å²) in [6, 6.07) is 0. The van der Waals surface area contributed by atoms with Gasteiger partial charge in [0.15, 0.2) is 0 Å². The van der Waals surface area contributed by atoms with Crippen LogP contribution in [0, 0.1) is 13.8 Å². The van der Waals surface area contributed by atoms with Gasteiger partial charge in [0.05, 0.1) is 11.6 Å². The van der Waals surface area contributed by atoms with Crippen LogP contribution >= 0.6 is 0 Å². The molecule has 0 saturated carbocycles. The second-order valence-corrected chi connectivity index (χ2v) is 3.33. The van der Waals surface area contributed by atoms with Crippen molar-refractivity contribution in [1.29, 1.82) is 0 Å². The maximum atomic E-state index is 11.0. The molecule has 0 radical (unpaired) electrons. The molecule has 2 N–H and O–H groups in total. The van der Waals surface area contributed by atoms with Crippen molar-refractivity contribution in [2.75, 3.05) is 0 Å². The van der Waals surface area contributed by atoms with Crippen LogP contribution in [-0.2, 0) is 11.8 Å². The van der Waals surface area contributed by atoms with Crippen LogP contribution in [0.2, 0.25) is 0 Å². The van der Waals surface area contributed by atoms with E-state index in [9.17, 15) is 4.79 Å². The quantitative estimate of drug-likeness (QED) is 0.727. The molecule has 13 heavy (non-hydrogen) atoms. The summed E-state index contributed by atoms with van der Waals surface area (Å²) in [5.41, 5.74) is 8.08. The first-order valence-electron chi connectivity index (χ1n) is 4.24. The Balaban J connectivity index is 3.20. The van der Waals surface area contributed by atoms with Crippen LogP contribution in [0.3, 0.4) is 0 Å². The van der Waals surface area contributed by atoms with Gasteiger partial charge in [0.1, 0.15) is 0 Å². The molecular formula is C9H15N3O. The van der Waals surface area contributed by atoms with Crippen LogP contribution in [-0.4, -0.2) is 15.7 Å². The normalized spacial score (nSPS) is 12.9. The van der Waals surface area contributed by atoms with Gasteiger partial charge in [-0.3, -0.25) is 9.48 Å². The zero-order chi connectivity index (χ0) is 10.2. The van der Waals surface area contributed by atoms with Crippen molar-refractivity contribution < 1.29 is 4.79 Å². The van der Waals surface area contributed by atoms with E-state index in [1.165, 1.54) is 0 Å². The first-order chi connectivity index (χ1) is 5.95. The topological polar surface area (TPSA) is 60.9 Å². The standard InChI is InChI=1S/C9H15N3O/c1-5(9(10)13)8-6(2)11-12(4)7(8)3/h5H,1-4H3,(H2,10,13). The predicted molar refractivity (Wildman–Crippen MR) is 50.3 cm³/mol. The fourth-order valence-electron chi connectivity index (χ4n) is 1.56. The highest BCUT2D eigenvalue weighted by Gasteiger charge is 2.19. The number of hydrogen-bond donors (Lipinski definition) is 1. The van der Waals surface area contributed by atoms with Crippen molar-refractivity contribution in [2.24, 2.45) is 12.8 Å². The average Bonchev–Trinajstić information content (AvgIpc) is 2.26. The molecule has 0 aliphatic carbocycles. The third-order valence-electron chi connectivity index (χ3n) is 2.42. The molecule has 4 heteroatoms. The van der Waals surface area contributed by atoms with Crippen LogP contribution in [0.4, 0.5) is 0 Å². The zero-order valence-corrected chi connectivity index (χ0v) is 8.46. The Kier molecular flexibility index (Phi) is 2.40. The monoisotopic (exact) mass is 181 g/mol. The van der Waals surface area contributed by atoms with E-state index >= 15 is 0 Å². The Bertz CT molecular complexity index is 341. The number of rotatable bonds is 2. The summed E-state index contributed by atoms with van der Waals surface area (Å²) in [6.45, 7) is 5.63. The van der Waals surface area contributed by atoms with E-state index in [1.807, 2.05) is 20.9 Å². The summed E-state index contributed by atoms with van der Waals surface area (Å²) < 4.78 is 1.77. The number of primary amides is 1. The molecule has 0 aromatic carbocycles. The van der Waals surface area contributed by atoms with Crippen LogP contribution in [0.1, 0.15) is 29.8 Å². The predicted octanol–water partition coefficient (Wildman–Crippen LogP) is 0.626. The SMILES string of the molecule is Cc1nn(C)c(C)c1C(C)C(N)=O. The first kappa shape index (κ1) is 9.77. The van der Waals surface area contributed by atoms with Crippen LogP contribution in [0.5, 0.6) is 0 Å². The van der Waals surface area contributed by atoms with Gasteiger partial charge in [0.25, 0.3) is 0 Å². The van der Waals surface area contributed by atoms with E-state index in [-0.39, 0.29) is 11.8 Å². The van der Waals surface area contributed by atoms with Gasteiger partial charge in [-0.2, -0.15) is 5.10 Å². The molecule has 0 bridgehead atoms. The van der Waals surface area contributed by atoms with Crippen LogP contribution in [0.25, 0.3) is 0 Å². The molecule has 1 aromatic rings. The molecule has 1 atom stereocenters. The highest BCUT2D eigenvalue weighted by molar-refractivity contribution is 5.82. The number of carbonyl (C=O) groups is 1. The van der Waals surface area contributed by atoms with Crippen molar-refractivity contribution >= 4 is 5.91 Å². The number of hydrogen-bond acceptors (Lipinski definition) is 2. The molecule has 72 valence electrons. The van der Waals surface area contributed by atoms with Gasteiger partial charge >= 0.3 is 0 Å². The minimum Gasteiger partial charge on any atom is -0.369 e. The summed E-state index contributed by atoms with van der Waals surface area (Å²) in [4.78, 5) is 11.0. The average molecular weight is 181 g/mol. The van der Waals surface area contributed by atoms with E-state index in [1.54, 1.807) is 11.6 Å². The maximum Gasteiger partial charge on any atom is 0.224 e. The fraction of sp³-hybridized carbons (Fsp3) is 0.556. The molecule has 0 saturated heterocycles.